The predicted octanol–water partition coefficient (Wildman–Crippen LogP) is 7.86. The fourth-order valence-corrected chi connectivity index (χ4v) is 4.75. The SMILES string of the molecule is CC(=O)c1ccc(Nc2ncc(F)c(Cc3ccccc3)n2)cc1.NC(=O)c1ccc(Nc2ncc(F)c(Cc3ccccc3Cl)n2)cc1. The maximum Gasteiger partial charge on any atom is 0.248 e. The lowest BCUT2D eigenvalue weighted by molar-refractivity contribution is 0.0996. The molecule has 6 rings (SSSR count). The molecule has 246 valence electrons. The summed E-state index contributed by atoms with van der Waals surface area (Å²) in [6, 6.07) is 30.3. The summed E-state index contributed by atoms with van der Waals surface area (Å²) in [5.41, 5.74) is 9.93. The van der Waals surface area contributed by atoms with Crippen LogP contribution in [0.15, 0.2) is 116 Å². The molecule has 0 aliphatic carbocycles. The molecule has 0 fully saturated rings. The van der Waals surface area contributed by atoms with Crippen LogP contribution < -0.4 is 16.4 Å². The van der Waals surface area contributed by atoms with Crippen LogP contribution in [0.4, 0.5) is 32.1 Å². The molecule has 12 heteroatoms. The van der Waals surface area contributed by atoms with Crippen LogP contribution in [0.5, 0.6) is 0 Å². The van der Waals surface area contributed by atoms with Crippen molar-refractivity contribution in [3.8, 4) is 0 Å². The number of primary amides is 1. The number of nitrogens with two attached hydrogens (primary N) is 1. The second kappa shape index (κ2) is 16.2. The van der Waals surface area contributed by atoms with Crippen LogP contribution in [0.1, 0.15) is 50.2 Å². The van der Waals surface area contributed by atoms with Gasteiger partial charge in [0.25, 0.3) is 0 Å². The molecule has 2 heterocycles. The first kappa shape index (κ1) is 34.3. The summed E-state index contributed by atoms with van der Waals surface area (Å²) in [7, 11) is 0. The first-order valence-corrected chi connectivity index (χ1v) is 15.4. The number of benzene rings is 4. The van der Waals surface area contributed by atoms with Gasteiger partial charge in [-0.15, -0.1) is 0 Å². The number of Topliss-reactive ketones (excluding diaryl/α,β-unsaturated/α-hetero) is 1. The zero-order valence-electron chi connectivity index (χ0n) is 26.2. The van der Waals surface area contributed by atoms with Crippen LogP contribution in [0.25, 0.3) is 0 Å². The van der Waals surface area contributed by atoms with Gasteiger partial charge < -0.3 is 16.4 Å². The number of nitrogens with one attached hydrogen (secondary N) is 2. The number of carbonyl (C=O) groups is 2. The van der Waals surface area contributed by atoms with E-state index in [2.05, 4.69) is 30.6 Å². The lowest BCUT2D eigenvalue weighted by atomic mass is 10.1. The zero-order chi connectivity index (χ0) is 34.8. The number of halogens is 3. The Hall–Kier alpha value is -6.07. The Kier molecular flexibility index (Phi) is 11.3. The molecule has 1 amide bonds. The van der Waals surface area contributed by atoms with E-state index in [4.69, 9.17) is 17.3 Å². The number of amides is 1. The summed E-state index contributed by atoms with van der Waals surface area (Å²) in [4.78, 5) is 38.7. The van der Waals surface area contributed by atoms with Gasteiger partial charge in [0.2, 0.25) is 17.8 Å². The van der Waals surface area contributed by atoms with E-state index in [1.165, 1.54) is 6.92 Å². The minimum absolute atomic E-state index is 0.00438. The number of ketones is 1. The topological polar surface area (TPSA) is 136 Å². The normalized spacial score (nSPS) is 10.4. The van der Waals surface area contributed by atoms with Crippen molar-refractivity contribution >= 4 is 46.6 Å². The second-order valence-corrected chi connectivity index (χ2v) is 11.1. The molecule has 0 aliphatic heterocycles. The van der Waals surface area contributed by atoms with Gasteiger partial charge in [0.15, 0.2) is 17.4 Å². The summed E-state index contributed by atoms with van der Waals surface area (Å²) < 4.78 is 28.0. The number of hydrogen-bond acceptors (Lipinski definition) is 8. The van der Waals surface area contributed by atoms with E-state index in [9.17, 15) is 18.4 Å². The average molecular weight is 678 g/mol. The summed E-state index contributed by atoms with van der Waals surface area (Å²) in [5, 5.41) is 6.54. The molecular formula is C37H30ClF2N7O2. The van der Waals surface area contributed by atoms with Crippen molar-refractivity contribution in [1.82, 2.24) is 19.9 Å². The molecule has 49 heavy (non-hydrogen) atoms. The van der Waals surface area contributed by atoms with E-state index in [1.807, 2.05) is 48.5 Å². The molecule has 0 saturated carbocycles. The molecule has 0 unspecified atom stereocenters. The van der Waals surface area contributed by atoms with Crippen molar-refractivity contribution in [2.24, 2.45) is 5.73 Å². The van der Waals surface area contributed by atoms with Crippen LogP contribution >= 0.6 is 11.6 Å². The molecular weight excluding hydrogens is 648 g/mol. The number of carbonyl (C=O) groups excluding carboxylic acids is 2. The molecule has 9 nitrogen and oxygen atoms in total. The third kappa shape index (κ3) is 9.72. The van der Waals surface area contributed by atoms with E-state index < -0.39 is 17.5 Å². The molecule has 6 aromatic rings. The Morgan fingerprint density at radius 3 is 1.67 bits per heavy atom. The molecule has 0 saturated heterocycles. The Morgan fingerprint density at radius 1 is 0.673 bits per heavy atom. The maximum absolute atomic E-state index is 14.0. The molecule has 2 aromatic heterocycles. The first-order chi connectivity index (χ1) is 23.6. The van der Waals surface area contributed by atoms with Gasteiger partial charge >= 0.3 is 0 Å². The summed E-state index contributed by atoms with van der Waals surface area (Å²) in [6.45, 7) is 1.52. The summed E-state index contributed by atoms with van der Waals surface area (Å²) in [6.07, 6.45) is 2.92. The standard InChI is InChI=1S/C19H16FN3O.C18H14ClFN4O/c1-13(24)15-7-9-16(10-8-15)22-19-21-12-17(20)18(23-19)11-14-5-3-2-4-6-14;19-14-4-2-1-3-12(14)9-16-15(20)10-22-18(24-16)23-13-7-5-11(6-8-13)17(21)25/h2-10,12H,11H2,1H3,(H,21,22,23);1-8,10H,9H2,(H2,21,25)(H,22,23,24). The highest BCUT2D eigenvalue weighted by Crippen LogP contribution is 2.21. The van der Waals surface area contributed by atoms with Crippen molar-refractivity contribution in [3.63, 3.8) is 0 Å². The fourth-order valence-electron chi connectivity index (χ4n) is 4.55. The van der Waals surface area contributed by atoms with Gasteiger partial charge in [-0.3, -0.25) is 9.59 Å². The maximum atomic E-state index is 14.0. The van der Waals surface area contributed by atoms with Crippen LogP contribution in [0.3, 0.4) is 0 Å². The quantitative estimate of drug-likeness (QED) is 0.125. The van der Waals surface area contributed by atoms with Crippen molar-refractivity contribution < 1.29 is 18.4 Å². The van der Waals surface area contributed by atoms with Crippen molar-refractivity contribution in [3.05, 3.63) is 166 Å². The molecule has 4 aromatic carbocycles. The monoisotopic (exact) mass is 677 g/mol. The van der Waals surface area contributed by atoms with E-state index in [0.717, 1.165) is 29.2 Å². The number of anilines is 4. The number of aromatic nitrogens is 4. The van der Waals surface area contributed by atoms with Crippen molar-refractivity contribution in [2.75, 3.05) is 10.6 Å². The highest BCUT2D eigenvalue weighted by molar-refractivity contribution is 6.31. The van der Waals surface area contributed by atoms with Gasteiger partial charge in [0.05, 0.1) is 23.8 Å². The zero-order valence-corrected chi connectivity index (χ0v) is 27.0. The smallest absolute Gasteiger partial charge is 0.248 e. The number of rotatable bonds is 10. The van der Waals surface area contributed by atoms with Crippen molar-refractivity contribution in [2.45, 2.75) is 19.8 Å². The molecule has 0 spiro atoms. The van der Waals surface area contributed by atoms with Gasteiger partial charge in [-0.25, -0.2) is 28.7 Å². The van der Waals surface area contributed by atoms with Gasteiger partial charge in [-0.1, -0.05) is 60.1 Å². The summed E-state index contributed by atoms with van der Waals surface area (Å²) >= 11 is 6.12. The van der Waals surface area contributed by atoms with E-state index in [0.29, 0.717) is 39.9 Å². The van der Waals surface area contributed by atoms with Crippen LogP contribution in [-0.4, -0.2) is 31.6 Å². The Morgan fingerprint density at radius 2 is 1.16 bits per heavy atom. The third-order valence-electron chi connectivity index (χ3n) is 7.14. The molecule has 4 N–H and O–H groups in total. The Labute approximate surface area is 286 Å². The molecule has 0 aliphatic rings. The lowest BCUT2D eigenvalue weighted by Crippen LogP contribution is -2.10. The number of hydrogen-bond donors (Lipinski definition) is 3. The van der Waals surface area contributed by atoms with Crippen molar-refractivity contribution in [1.29, 1.82) is 0 Å². The Bertz CT molecular complexity index is 2060. The van der Waals surface area contributed by atoms with Gasteiger partial charge in [0, 0.05) is 40.4 Å². The predicted molar refractivity (Wildman–Crippen MR) is 185 cm³/mol. The van der Waals surface area contributed by atoms with E-state index in [1.54, 1.807) is 54.6 Å². The largest absolute Gasteiger partial charge is 0.366 e. The average Bonchev–Trinajstić information content (AvgIpc) is 3.10. The Balaban J connectivity index is 0.000000191. The first-order valence-electron chi connectivity index (χ1n) is 15.0. The fraction of sp³-hybridized carbons (Fsp3) is 0.0811. The minimum atomic E-state index is -0.508. The van der Waals surface area contributed by atoms with E-state index in [-0.39, 0.29) is 23.8 Å². The highest BCUT2D eigenvalue weighted by atomic mass is 35.5. The second-order valence-electron chi connectivity index (χ2n) is 10.7. The summed E-state index contributed by atoms with van der Waals surface area (Å²) in [5.74, 6) is -0.879. The van der Waals surface area contributed by atoms with Crippen LogP contribution in [0, 0.1) is 11.6 Å². The van der Waals surface area contributed by atoms with Crippen LogP contribution in [0.2, 0.25) is 5.02 Å². The van der Waals surface area contributed by atoms with E-state index >= 15 is 0 Å². The molecule has 0 atom stereocenters. The highest BCUT2D eigenvalue weighted by Gasteiger charge is 2.11. The van der Waals surface area contributed by atoms with Crippen LogP contribution in [-0.2, 0) is 12.8 Å². The number of nitrogens with zero attached hydrogens (tertiary/aromatic N) is 4. The lowest BCUT2D eigenvalue weighted by Gasteiger charge is -2.09. The third-order valence-corrected chi connectivity index (χ3v) is 7.51. The minimum Gasteiger partial charge on any atom is -0.366 e. The van der Waals surface area contributed by atoms with Gasteiger partial charge in [-0.2, -0.15) is 0 Å². The van der Waals surface area contributed by atoms with Gasteiger partial charge in [-0.05, 0) is 72.6 Å². The molecule has 0 radical (unpaired) electrons. The van der Waals surface area contributed by atoms with Gasteiger partial charge in [0.1, 0.15) is 0 Å². The molecule has 0 bridgehead atoms.